The second kappa shape index (κ2) is 6.04. The zero-order valence-electron chi connectivity index (χ0n) is 13.9. The van der Waals surface area contributed by atoms with Crippen molar-refractivity contribution in [2.24, 2.45) is 0 Å². The Balaban J connectivity index is 1.71. The summed E-state index contributed by atoms with van der Waals surface area (Å²) in [5.41, 5.74) is 4.08. The summed E-state index contributed by atoms with van der Waals surface area (Å²) in [7, 11) is 0. The SMILES string of the molecule is Cc1cccc2c1NC(=O)C2=Cc1ccc(-c2cccc(C(=O)O)c2)o1. The number of anilines is 1. The number of amides is 1. The van der Waals surface area contributed by atoms with Gasteiger partial charge in [-0.3, -0.25) is 4.79 Å². The number of carbonyl (C=O) groups excluding carboxylic acids is 1. The fourth-order valence-corrected chi connectivity index (χ4v) is 3.04. The van der Waals surface area contributed by atoms with E-state index in [9.17, 15) is 9.59 Å². The van der Waals surface area contributed by atoms with E-state index in [2.05, 4.69) is 5.32 Å². The lowest BCUT2D eigenvalue weighted by Gasteiger charge is -2.01. The summed E-state index contributed by atoms with van der Waals surface area (Å²) in [6.07, 6.45) is 1.70. The van der Waals surface area contributed by atoms with Crippen LogP contribution in [-0.4, -0.2) is 17.0 Å². The standard InChI is InChI=1S/C21H15NO4/c1-12-4-2-7-16-17(20(23)22-19(12)16)11-15-8-9-18(26-15)13-5-3-6-14(10-13)21(24)25/h2-11H,1H3,(H,22,23)(H,24,25). The van der Waals surface area contributed by atoms with Crippen LogP contribution in [0, 0.1) is 6.92 Å². The number of aromatic carboxylic acids is 1. The summed E-state index contributed by atoms with van der Waals surface area (Å²) in [5, 5.41) is 12.0. The maximum atomic E-state index is 12.3. The van der Waals surface area contributed by atoms with Crippen molar-refractivity contribution in [2.75, 3.05) is 5.32 Å². The zero-order chi connectivity index (χ0) is 18.3. The van der Waals surface area contributed by atoms with Gasteiger partial charge in [-0.25, -0.2) is 4.79 Å². The molecular weight excluding hydrogens is 330 g/mol. The summed E-state index contributed by atoms with van der Waals surface area (Å²) in [6, 6.07) is 15.8. The summed E-state index contributed by atoms with van der Waals surface area (Å²) >= 11 is 0. The molecule has 128 valence electrons. The van der Waals surface area contributed by atoms with Gasteiger partial charge in [0, 0.05) is 11.1 Å². The van der Waals surface area contributed by atoms with Crippen LogP contribution in [-0.2, 0) is 4.79 Å². The molecule has 4 rings (SSSR count). The number of aryl methyl sites for hydroxylation is 1. The molecule has 1 aliphatic heterocycles. The van der Waals surface area contributed by atoms with E-state index in [1.807, 2.05) is 25.1 Å². The van der Waals surface area contributed by atoms with Crippen LogP contribution < -0.4 is 5.32 Å². The van der Waals surface area contributed by atoms with E-state index < -0.39 is 5.97 Å². The minimum atomic E-state index is -0.990. The molecule has 0 unspecified atom stereocenters. The van der Waals surface area contributed by atoms with Gasteiger partial charge in [0.05, 0.1) is 16.8 Å². The van der Waals surface area contributed by atoms with E-state index in [1.54, 1.807) is 36.4 Å². The van der Waals surface area contributed by atoms with E-state index >= 15 is 0 Å². The van der Waals surface area contributed by atoms with Crippen molar-refractivity contribution in [1.82, 2.24) is 0 Å². The molecule has 5 nitrogen and oxygen atoms in total. The first-order valence-electron chi connectivity index (χ1n) is 8.09. The maximum absolute atomic E-state index is 12.3. The molecule has 26 heavy (non-hydrogen) atoms. The molecule has 3 aromatic rings. The third kappa shape index (κ3) is 2.69. The van der Waals surface area contributed by atoms with Crippen molar-refractivity contribution in [3.8, 4) is 11.3 Å². The molecule has 1 aliphatic rings. The molecule has 0 spiro atoms. The number of furan rings is 1. The van der Waals surface area contributed by atoms with Crippen LogP contribution in [0.5, 0.6) is 0 Å². The van der Waals surface area contributed by atoms with E-state index in [0.29, 0.717) is 22.7 Å². The Kier molecular flexibility index (Phi) is 3.69. The molecule has 0 atom stereocenters. The van der Waals surface area contributed by atoms with Gasteiger partial charge in [0.2, 0.25) is 0 Å². The Morgan fingerprint density at radius 3 is 2.73 bits per heavy atom. The molecule has 2 N–H and O–H groups in total. The Labute approximate surface area is 149 Å². The topological polar surface area (TPSA) is 79.5 Å². The zero-order valence-corrected chi connectivity index (χ0v) is 13.9. The molecule has 0 radical (unpaired) electrons. The van der Waals surface area contributed by atoms with Crippen LogP contribution >= 0.6 is 0 Å². The number of carbonyl (C=O) groups is 2. The van der Waals surface area contributed by atoms with Crippen LogP contribution in [0.25, 0.3) is 23.0 Å². The van der Waals surface area contributed by atoms with Gasteiger partial charge in [0.1, 0.15) is 11.5 Å². The first kappa shape index (κ1) is 15.9. The highest BCUT2D eigenvalue weighted by Gasteiger charge is 2.25. The highest BCUT2D eigenvalue weighted by Crippen LogP contribution is 2.36. The normalized spacial score (nSPS) is 14.3. The van der Waals surface area contributed by atoms with E-state index in [-0.39, 0.29) is 11.5 Å². The smallest absolute Gasteiger partial charge is 0.335 e. The van der Waals surface area contributed by atoms with Gasteiger partial charge in [-0.15, -0.1) is 0 Å². The van der Waals surface area contributed by atoms with Gasteiger partial charge in [-0.2, -0.15) is 0 Å². The van der Waals surface area contributed by atoms with Crippen molar-refractivity contribution in [3.63, 3.8) is 0 Å². The predicted octanol–water partition coefficient (Wildman–Crippen LogP) is 4.45. The second-order valence-electron chi connectivity index (χ2n) is 6.10. The lowest BCUT2D eigenvalue weighted by atomic mass is 10.0. The lowest BCUT2D eigenvalue weighted by molar-refractivity contribution is -0.110. The van der Waals surface area contributed by atoms with Crippen LogP contribution in [0.1, 0.15) is 27.2 Å². The van der Waals surface area contributed by atoms with E-state index in [0.717, 1.165) is 16.8 Å². The number of rotatable bonds is 3. The summed E-state index contributed by atoms with van der Waals surface area (Å²) in [5.74, 6) is -0.0847. The van der Waals surface area contributed by atoms with E-state index in [4.69, 9.17) is 9.52 Å². The number of carboxylic acids is 1. The molecular formula is C21H15NO4. The summed E-state index contributed by atoms with van der Waals surface area (Å²) in [6.45, 7) is 1.95. The molecule has 1 aromatic heterocycles. The number of hydrogen-bond donors (Lipinski definition) is 2. The Bertz CT molecular complexity index is 1080. The van der Waals surface area contributed by atoms with Crippen LogP contribution in [0.4, 0.5) is 5.69 Å². The molecule has 5 heteroatoms. The minimum absolute atomic E-state index is 0.167. The predicted molar refractivity (Wildman–Crippen MR) is 98.8 cm³/mol. The van der Waals surface area contributed by atoms with Gasteiger partial charge < -0.3 is 14.8 Å². The second-order valence-corrected chi connectivity index (χ2v) is 6.10. The molecule has 2 heterocycles. The molecule has 0 fully saturated rings. The number of hydrogen-bond acceptors (Lipinski definition) is 3. The van der Waals surface area contributed by atoms with Crippen LogP contribution in [0.2, 0.25) is 0 Å². The monoisotopic (exact) mass is 345 g/mol. The molecule has 0 aliphatic carbocycles. The number of fused-ring (bicyclic) bond motifs is 1. The molecule has 1 amide bonds. The molecule has 2 aromatic carbocycles. The van der Waals surface area contributed by atoms with Crippen molar-refractivity contribution in [2.45, 2.75) is 6.92 Å². The van der Waals surface area contributed by atoms with Gasteiger partial charge in [0.15, 0.2) is 0 Å². The quantitative estimate of drug-likeness (QED) is 0.688. The highest BCUT2D eigenvalue weighted by atomic mass is 16.4. The largest absolute Gasteiger partial charge is 0.478 e. The Hall–Kier alpha value is -3.60. The van der Waals surface area contributed by atoms with Crippen molar-refractivity contribution in [1.29, 1.82) is 0 Å². The average Bonchev–Trinajstić information content (AvgIpc) is 3.22. The van der Waals surface area contributed by atoms with Gasteiger partial charge in [-0.1, -0.05) is 30.3 Å². The van der Waals surface area contributed by atoms with Gasteiger partial charge >= 0.3 is 5.97 Å². The van der Waals surface area contributed by atoms with Crippen molar-refractivity contribution in [3.05, 3.63) is 77.0 Å². The average molecular weight is 345 g/mol. The maximum Gasteiger partial charge on any atom is 0.335 e. The Morgan fingerprint density at radius 2 is 1.92 bits per heavy atom. The molecule has 0 saturated carbocycles. The van der Waals surface area contributed by atoms with Crippen molar-refractivity contribution < 1.29 is 19.1 Å². The number of benzene rings is 2. The minimum Gasteiger partial charge on any atom is -0.478 e. The molecule has 0 saturated heterocycles. The Morgan fingerprint density at radius 1 is 1.12 bits per heavy atom. The van der Waals surface area contributed by atoms with Crippen LogP contribution in [0.15, 0.2) is 59.0 Å². The highest BCUT2D eigenvalue weighted by molar-refractivity contribution is 6.35. The summed E-state index contributed by atoms with van der Waals surface area (Å²) < 4.78 is 5.81. The first-order chi connectivity index (χ1) is 12.5. The van der Waals surface area contributed by atoms with Gasteiger partial charge in [-0.05, 0) is 42.8 Å². The fourth-order valence-electron chi connectivity index (χ4n) is 3.04. The molecule has 0 bridgehead atoms. The third-order valence-electron chi connectivity index (χ3n) is 4.35. The van der Waals surface area contributed by atoms with Gasteiger partial charge in [0.25, 0.3) is 5.91 Å². The lowest BCUT2D eigenvalue weighted by Crippen LogP contribution is -2.04. The fraction of sp³-hybridized carbons (Fsp3) is 0.0476. The van der Waals surface area contributed by atoms with Crippen molar-refractivity contribution >= 4 is 29.2 Å². The number of para-hydroxylation sites is 1. The number of carboxylic acid groups (broad SMARTS) is 1. The van der Waals surface area contributed by atoms with Crippen LogP contribution in [0.3, 0.4) is 0 Å². The third-order valence-corrected chi connectivity index (χ3v) is 4.35. The van der Waals surface area contributed by atoms with E-state index in [1.165, 1.54) is 6.07 Å². The first-order valence-corrected chi connectivity index (χ1v) is 8.09. The summed E-state index contributed by atoms with van der Waals surface area (Å²) in [4.78, 5) is 23.4. The number of nitrogens with one attached hydrogen (secondary N) is 1.